The predicted molar refractivity (Wildman–Crippen MR) is 88.9 cm³/mol. The van der Waals surface area contributed by atoms with Crippen LogP contribution < -0.4 is 5.32 Å². The number of pyridine rings is 1. The lowest BCUT2D eigenvalue weighted by molar-refractivity contribution is -0.137. The number of sulfone groups is 1. The van der Waals surface area contributed by atoms with E-state index in [2.05, 4.69) is 15.5 Å². The highest BCUT2D eigenvalue weighted by Crippen LogP contribution is 2.33. The molecular weight excluding hydrogens is 417 g/mol. The molecule has 0 bridgehead atoms. The van der Waals surface area contributed by atoms with E-state index < -0.39 is 33.5 Å². The molecule has 1 saturated heterocycles. The van der Waals surface area contributed by atoms with Crippen LogP contribution in [0.25, 0.3) is 5.65 Å². The number of carbonyl (C=O) groups is 1. The zero-order valence-electron chi connectivity index (χ0n) is 13.0. The van der Waals surface area contributed by atoms with Gasteiger partial charge in [-0.3, -0.25) is 9.20 Å². The minimum Gasteiger partial charge on any atom is -0.352 e. The maximum absolute atomic E-state index is 12.9. The molecule has 0 radical (unpaired) electrons. The maximum Gasteiger partial charge on any atom is 0.417 e. The van der Waals surface area contributed by atoms with Crippen molar-refractivity contribution < 1.29 is 26.4 Å². The molecule has 1 amide bonds. The third-order valence-electron chi connectivity index (χ3n) is 3.69. The minimum atomic E-state index is -4.59. The van der Waals surface area contributed by atoms with Gasteiger partial charge in [0.25, 0.3) is 0 Å². The van der Waals surface area contributed by atoms with Gasteiger partial charge < -0.3 is 5.32 Å². The second-order valence-electron chi connectivity index (χ2n) is 5.71. The van der Waals surface area contributed by atoms with E-state index in [0.29, 0.717) is 6.42 Å². The summed E-state index contributed by atoms with van der Waals surface area (Å²) in [5.41, 5.74) is -0.915. The molecule has 1 atom stereocenters. The fourth-order valence-corrected chi connectivity index (χ4v) is 5.14. The average molecular weight is 429 g/mol. The first-order chi connectivity index (χ1) is 12.0. The summed E-state index contributed by atoms with van der Waals surface area (Å²) in [6.07, 6.45) is -3.43. The maximum atomic E-state index is 12.9. The second-order valence-corrected chi connectivity index (χ2v) is 9.29. The van der Waals surface area contributed by atoms with E-state index in [1.54, 1.807) is 0 Å². The van der Waals surface area contributed by atoms with Crippen molar-refractivity contribution in [2.75, 3.05) is 17.3 Å². The number of hydrogen-bond donors (Lipinski definition) is 1. The van der Waals surface area contributed by atoms with Crippen molar-refractivity contribution in [2.45, 2.75) is 23.8 Å². The molecule has 2 aromatic heterocycles. The fourth-order valence-electron chi connectivity index (χ4n) is 2.50. The van der Waals surface area contributed by atoms with Crippen LogP contribution in [0.5, 0.6) is 0 Å². The highest BCUT2D eigenvalue weighted by molar-refractivity contribution is 7.99. The molecule has 1 aliphatic rings. The standard InChI is InChI=1S/C13H12ClF3N4O3S2/c14-9-3-7(13(15,16)17)4-21-11(9)19-20-12(21)25-5-10(22)18-8-1-2-26(23,24)6-8/h3-4,8H,1-2,5-6H2,(H,18,22). The Labute approximate surface area is 155 Å². The topological polar surface area (TPSA) is 93.4 Å². The molecule has 1 aliphatic heterocycles. The predicted octanol–water partition coefficient (Wildman–Crippen LogP) is 1.80. The Morgan fingerprint density at radius 3 is 2.77 bits per heavy atom. The van der Waals surface area contributed by atoms with Crippen molar-refractivity contribution in [1.29, 1.82) is 0 Å². The molecule has 2 aromatic rings. The zero-order chi connectivity index (χ0) is 19.1. The number of hydrogen-bond acceptors (Lipinski definition) is 6. The molecule has 0 aliphatic carbocycles. The molecule has 26 heavy (non-hydrogen) atoms. The van der Waals surface area contributed by atoms with Gasteiger partial charge in [-0.25, -0.2) is 8.42 Å². The van der Waals surface area contributed by atoms with E-state index in [0.717, 1.165) is 28.4 Å². The van der Waals surface area contributed by atoms with Gasteiger partial charge in [0, 0.05) is 12.2 Å². The van der Waals surface area contributed by atoms with Crippen LogP contribution in [-0.4, -0.2) is 52.2 Å². The molecule has 7 nitrogen and oxygen atoms in total. The Balaban J connectivity index is 1.71. The van der Waals surface area contributed by atoms with Crippen molar-refractivity contribution in [1.82, 2.24) is 19.9 Å². The lowest BCUT2D eigenvalue weighted by Gasteiger charge is -2.10. The van der Waals surface area contributed by atoms with Gasteiger partial charge in [0.15, 0.2) is 20.6 Å². The number of nitrogens with one attached hydrogen (secondary N) is 1. The summed E-state index contributed by atoms with van der Waals surface area (Å²) in [4.78, 5) is 11.9. The highest BCUT2D eigenvalue weighted by atomic mass is 35.5. The number of alkyl halides is 3. The van der Waals surface area contributed by atoms with Gasteiger partial charge in [-0.2, -0.15) is 13.2 Å². The summed E-state index contributed by atoms with van der Waals surface area (Å²) in [7, 11) is -3.12. The molecule has 1 N–H and O–H groups in total. The molecule has 0 aromatic carbocycles. The Hall–Kier alpha value is -1.53. The smallest absolute Gasteiger partial charge is 0.352 e. The van der Waals surface area contributed by atoms with Gasteiger partial charge in [-0.1, -0.05) is 23.4 Å². The number of thioether (sulfide) groups is 1. The quantitative estimate of drug-likeness (QED) is 0.746. The molecule has 1 unspecified atom stereocenters. The Bertz CT molecular complexity index is 961. The van der Waals surface area contributed by atoms with Gasteiger partial charge >= 0.3 is 6.18 Å². The van der Waals surface area contributed by atoms with Gasteiger partial charge in [-0.05, 0) is 12.5 Å². The second kappa shape index (κ2) is 6.89. The molecule has 3 heterocycles. The Morgan fingerprint density at radius 1 is 1.42 bits per heavy atom. The number of carbonyl (C=O) groups excluding carboxylic acids is 1. The van der Waals surface area contributed by atoms with E-state index in [1.165, 1.54) is 0 Å². The minimum absolute atomic E-state index is 0.0264. The van der Waals surface area contributed by atoms with Gasteiger partial charge in [0.05, 0.1) is 27.8 Å². The lowest BCUT2D eigenvalue weighted by atomic mass is 10.3. The average Bonchev–Trinajstić information content (AvgIpc) is 3.07. The van der Waals surface area contributed by atoms with Crippen LogP contribution in [0.2, 0.25) is 5.02 Å². The van der Waals surface area contributed by atoms with E-state index in [9.17, 15) is 26.4 Å². The van der Waals surface area contributed by atoms with Gasteiger partial charge in [0.2, 0.25) is 5.91 Å². The monoisotopic (exact) mass is 428 g/mol. The number of fused-ring (bicyclic) bond motifs is 1. The first kappa shape index (κ1) is 19.2. The van der Waals surface area contributed by atoms with Crippen LogP contribution in [0.4, 0.5) is 13.2 Å². The molecule has 142 valence electrons. The molecule has 3 rings (SSSR count). The van der Waals surface area contributed by atoms with E-state index in [1.807, 2.05) is 0 Å². The number of rotatable bonds is 4. The molecule has 1 fully saturated rings. The largest absolute Gasteiger partial charge is 0.417 e. The van der Waals surface area contributed by atoms with Crippen molar-refractivity contribution in [3.05, 3.63) is 22.8 Å². The van der Waals surface area contributed by atoms with Crippen molar-refractivity contribution >= 4 is 44.8 Å². The third kappa shape index (κ3) is 4.23. The van der Waals surface area contributed by atoms with E-state index >= 15 is 0 Å². The Morgan fingerprint density at radius 2 is 2.15 bits per heavy atom. The first-order valence-corrected chi connectivity index (χ1v) is 10.5. The zero-order valence-corrected chi connectivity index (χ0v) is 15.3. The SMILES string of the molecule is O=C(CSc1nnc2c(Cl)cc(C(F)(F)F)cn12)NC1CCS(=O)(=O)C1. The van der Waals surface area contributed by atoms with E-state index in [4.69, 9.17) is 11.6 Å². The number of nitrogens with zero attached hydrogens (tertiary/aromatic N) is 3. The lowest BCUT2D eigenvalue weighted by Crippen LogP contribution is -2.36. The van der Waals surface area contributed by atoms with Crippen LogP contribution >= 0.6 is 23.4 Å². The summed E-state index contributed by atoms with van der Waals surface area (Å²) in [6, 6.07) is 0.308. The highest BCUT2D eigenvalue weighted by Gasteiger charge is 2.32. The normalized spacial score (nSPS) is 19.8. The fraction of sp³-hybridized carbons (Fsp3) is 0.462. The van der Waals surface area contributed by atoms with Crippen molar-refractivity contribution in [2.24, 2.45) is 0 Å². The molecule has 0 spiro atoms. The van der Waals surface area contributed by atoms with Gasteiger partial charge in [-0.15, -0.1) is 10.2 Å². The summed E-state index contributed by atoms with van der Waals surface area (Å²) >= 11 is 6.69. The number of halogens is 4. The summed E-state index contributed by atoms with van der Waals surface area (Å²) in [5.74, 6) is -0.669. The number of aromatic nitrogens is 3. The number of amides is 1. The van der Waals surface area contributed by atoms with E-state index in [-0.39, 0.29) is 33.1 Å². The first-order valence-electron chi connectivity index (χ1n) is 7.29. The van der Waals surface area contributed by atoms with Crippen molar-refractivity contribution in [3.63, 3.8) is 0 Å². The molecular formula is C13H12ClF3N4O3S2. The molecule has 0 saturated carbocycles. The van der Waals surface area contributed by atoms with Crippen LogP contribution in [-0.2, 0) is 20.8 Å². The summed E-state index contributed by atoms with van der Waals surface area (Å²) < 4.78 is 62.5. The summed E-state index contributed by atoms with van der Waals surface area (Å²) in [5, 5.41) is 9.93. The van der Waals surface area contributed by atoms with Crippen molar-refractivity contribution in [3.8, 4) is 0 Å². The van der Waals surface area contributed by atoms with Crippen LogP contribution in [0.1, 0.15) is 12.0 Å². The third-order valence-corrected chi connectivity index (χ3v) is 6.67. The molecule has 13 heteroatoms. The van der Waals surface area contributed by atoms with Crippen LogP contribution in [0.15, 0.2) is 17.4 Å². The van der Waals surface area contributed by atoms with Gasteiger partial charge in [0.1, 0.15) is 0 Å². The summed E-state index contributed by atoms with van der Waals surface area (Å²) in [6.45, 7) is 0. The van der Waals surface area contributed by atoms with Crippen LogP contribution in [0, 0.1) is 0 Å². The Kier molecular flexibility index (Phi) is 5.10. The van der Waals surface area contributed by atoms with Crippen LogP contribution in [0.3, 0.4) is 0 Å².